The second-order valence-corrected chi connectivity index (χ2v) is 10.2. The first-order valence-electron chi connectivity index (χ1n) is 12.5. The fourth-order valence-corrected chi connectivity index (χ4v) is 5.74. The van der Waals surface area contributed by atoms with Gasteiger partial charge >= 0.3 is 5.97 Å². The summed E-state index contributed by atoms with van der Waals surface area (Å²) in [5, 5.41) is -2.13. The van der Waals surface area contributed by atoms with E-state index >= 15 is 0 Å². The van der Waals surface area contributed by atoms with Gasteiger partial charge in [0, 0.05) is 0 Å². The van der Waals surface area contributed by atoms with Crippen LogP contribution in [0, 0.1) is 16.9 Å². The maximum absolute atomic E-state index is 13.7. The summed E-state index contributed by atoms with van der Waals surface area (Å²) in [6, 6.07) is 6.97. The predicted molar refractivity (Wildman–Crippen MR) is 128 cm³/mol. The van der Waals surface area contributed by atoms with Crippen molar-refractivity contribution >= 4 is 17.3 Å². The number of carbonyl (C=O) groups is 1. The number of rotatable bonds is 12. The zero-order valence-corrected chi connectivity index (χ0v) is 20.6. The Bertz CT molecular complexity index is 919. The zero-order chi connectivity index (χ0) is 24.5. The van der Waals surface area contributed by atoms with Crippen LogP contribution in [0.2, 0.25) is 0 Å². The van der Waals surface area contributed by atoms with Gasteiger partial charge in [-0.05, 0) is 49.1 Å². The van der Waals surface area contributed by atoms with Crippen molar-refractivity contribution in [3.63, 3.8) is 0 Å². The molecule has 1 aromatic carbocycles. The lowest BCUT2D eigenvalue weighted by Gasteiger charge is -2.29. The van der Waals surface area contributed by atoms with Crippen LogP contribution in [-0.2, 0) is 0 Å². The molecule has 1 saturated carbocycles. The van der Waals surface area contributed by atoms with E-state index in [2.05, 4.69) is 6.92 Å². The van der Waals surface area contributed by atoms with Crippen molar-refractivity contribution in [2.75, 3.05) is 0 Å². The fourth-order valence-electron chi connectivity index (χ4n) is 4.97. The number of ether oxygens (including phenoxy) is 1. The molecule has 2 nitrogen and oxygen atoms in total. The van der Waals surface area contributed by atoms with Gasteiger partial charge in [-0.2, -0.15) is 4.39 Å². The Morgan fingerprint density at radius 1 is 1.00 bits per heavy atom. The Morgan fingerprint density at radius 2 is 1.65 bits per heavy atom. The maximum atomic E-state index is 13.7. The summed E-state index contributed by atoms with van der Waals surface area (Å²) in [6.07, 6.45) is 11.2. The quantitative estimate of drug-likeness (QED) is 0.165. The molecule has 1 heterocycles. The highest BCUT2D eigenvalue weighted by atomic mass is 32.1. The summed E-state index contributed by atoms with van der Waals surface area (Å²) in [7, 11) is 0. The van der Waals surface area contributed by atoms with Crippen LogP contribution in [0.25, 0.3) is 0 Å². The summed E-state index contributed by atoms with van der Waals surface area (Å²) in [4.78, 5) is 12.8. The molecule has 0 aliphatic heterocycles. The number of benzene rings is 1. The molecule has 0 unspecified atom stereocenters. The number of carbonyl (C=O) groups excluding carboxylic acids is 1. The average Bonchev–Trinajstić information content (AvgIpc) is 3.11. The maximum Gasteiger partial charge on any atom is 0.344 e. The van der Waals surface area contributed by atoms with Gasteiger partial charge in [-0.25, -0.2) is 18.0 Å². The molecular formula is C27H34F4O2S. The van der Waals surface area contributed by atoms with E-state index in [0.717, 1.165) is 31.2 Å². The molecule has 0 atom stereocenters. The zero-order valence-electron chi connectivity index (χ0n) is 19.8. The van der Waals surface area contributed by atoms with E-state index in [1.807, 2.05) is 12.1 Å². The van der Waals surface area contributed by atoms with Crippen molar-refractivity contribution in [3.05, 3.63) is 51.9 Å². The first-order chi connectivity index (χ1) is 16.4. The van der Waals surface area contributed by atoms with Crippen LogP contribution in [0.1, 0.15) is 118 Å². The molecule has 0 amide bonds. The van der Waals surface area contributed by atoms with Crippen LogP contribution in [0.15, 0.2) is 24.3 Å². The molecule has 3 rings (SSSR count). The van der Waals surface area contributed by atoms with Gasteiger partial charge in [0.25, 0.3) is 6.43 Å². The molecule has 188 valence electrons. The first-order valence-corrected chi connectivity index (χ1v) is 13.3. The van der Waals surface area contributed by atoms with E-state index in [4.69, 9.17) is 4.74 Å². The normalized spacial score (nSPS) is 18.4. The lowest BCUT2D eigenvalue weighted by molar-refractivity contribution is 0.0726. The van der Waals surface area contributed by atoms with Crippen LogP contribution in [-0.4, -0.2) is 5.97 Å². The molecule has 0 bridgehead atoms. The van der Waals surface area contributed by atoms with Crippen LogP contribution in [0.4, 0.5) is 17.6 Å². The number of thiophene rings is 1. The second-order valence-electron chi connectivity index (χ2n) is 9.30. The second kappa shape index (κ2) is 13.3. The molecule has 1 aromatic heterocycles. The van der Waals surface area contributed by atoms with Crippen LogP contribution >= 0.6 is 11.3 Å². The van der Waals surface area contributed by atoms with Gasteiger partial charge in [-0.15, -0.1) is 0 Å². The minimum absolute atomic E-state index is 0.0839. The first kappa shape index (κ1) is 26.7. The molecule has 34 heavy (non-hydrogen) atoms. The topological polar surface area (TPSA) is 26.3 Å². The SMILES string of the molecule is CCCCCCCCCC1CCC(c2ccccc2C(=O)Oc2sc(F)c(F)c2C(F)F)CC1. The van der Waals surface area contributed by atoms with Gasteiger partial charge in [0.1, 0.15) is 5.56 Å². The molecule has 0 saturated heterocycles. The number of hydrogen-bond donors (Lipinski definition) is 0. The molecular weight excluding hydrogens is 464 g/mol. The smallest absolute Gasteiger partial charge is 0.344 e. The van der Waals surface area contributed by atoms with Gasteiger partial charge in [0.2, 0.25) is 5.13 Å². The lowest BCUT2D eigenvalue weighted by atomic mass is 9.76. The van der Waals surface area contributed by atoms with Crippen LogP contribution in [0.5, 0.6) is 5.06 Å². The Labute approximate surface area is 203 Å². The standard InChI is InChI=1S/C27H34F4O2S/c1-2-3-4-5-6-7-8-11-18-14-16-19(17-15-18)20-12-9-10-13-21(20)26(32)33-27-22(24(29)30)23(28)25(31)34-27/h9-10,12-13,18-19,24H,2-8,11,14-17H2,1H3. The lowest BCUT2D eigenvalue weighted by Crippen LogP contribution is -2.18. The third-order valence-corrected chi connectivity index (χ3v) is 7.75. The number of unbranched alkanes of at least 4 members (excludes halogenated alkanes) is 6. The molecule has 7 heteroatoms. The summed E-state index contributed by atoms with van der Waals surface area (Å²) < 4.78 is 58.6. The highest BCUT2D eigenvalue weighted by Gasteiger charge is 2.30. The van der Waals surface area contributed by atoms with E-state index in [0.29, 0.717) is 5.92 Å². The molecule has 2 aromatic rings. The predicted octanol–water partition coefficient (Wildman–Crippen LogP) is 9.60. The third-order valence-electron chi connectivity index (χ3n) is 6.90. The van der Waals surface area contributed by atoms with E-state index < -0.39 is 34.0 Å². The molecule has 0 N–H and O–H groups in total. The van der Waals surface area contributed by atoms with E-state index in [1.165, 1.54) is 51.4 Å². The summed E-state index contributed by atoms with van der Waals surface area (Å²) >= 11 is 0.0839. The van der Waals surface area contributed by atoms with Gasteiger partial charge < -0.3 is 4.74 Å². The van der Waals surface area contributed by atoms with Crippen molar-refractivity contribution < 1.29 is 27.1 Å². The fraction of sp³-hybridized carbons (Fsp3) is 0.593. The molecule has 0 spiro atoms. The molecule has 1 fully saturated rings. The van der Waals surface area contributed by atoms with Gasteiger partial charge in [0.15, 0.2) is 10.9 Å². The van der Waals surface area contributed by atoms with Crippen molar-refractivity contribution in [1.29, 1.82) is 0 Å². The van der Waals surface area contributed by atoms with Gasteiger partial charge in [-0.1, -0.05) is 87.8 Å². The summed E-state index contributed by atoms with van der Waals surface area (Å²) in [6.45, 7) is 2.23. The van der Waals surface area contributed by atoms with Gasteiger partial charge in [-0.3, -0.25) is 0 Å². The van der Waals surface area contributed by atoms with Crippen molar-refractivity contribution in [2.24, 2.45) is 5.92 Å². The Hall–Kier alpha value is -1.89. The highest BCUT2D eigenvalue weighted by Crippen LogP contribution is 2.41. The monoisotopic (exact) mass is 498 g/mol. The van der Waals surface area contributed by atoms with Crippen molar-refractivity contribution in [2.45, 2.75) is 96.3 Å². The minimum Gasteiger partial charge on any atom is -0.411 e. The molecule has 1 aliphatic rings. The summed E-state index contributed by atoms with van der Waals surface area (Å²) in [5.41, 5.74) is -0.107. The Balaban J connectivity index is 1.55. The van der Waals surface area contributed by atoms with Crippen LogP contribution in [0.3, 0.4) is 0 Å². The Kier molecular flexibility index (Phi) is 10.4. The number of esters is 1. The summed E-state index contributed by atoms with van der Waals surface area (Å²) in [5.74, 6) is -1.63. The van der Waals surface area contributed by atoms with Crippen molar-refractivity contribution in [1.82, 2.24) is 0 Å². The third kappa shape index (κ3) is 7.06. The Morgan fingerprint density at radius 3 is 2.32 bits per heavy atom. The minimum atomic E-state index is -3.27. The highest BCUT2D eigenvalue weighted by molar-refractivity contribution is 7.12. The largest absolute Gasteiger partial charge is 0.411 e. The average molecular weight is 499 g/mol. The number of hydrogen-bond acceptors (Lipinski definition) is 3. The number of halogens is 4. The van der Waals surface area contributed by atoms with E-state index in [1.54, 1.807) is 12.1 Å². The van der Waals surface area contributed by atoms with E-state index in [9.17, 15) is 22.4 Å². The number of alkyl halides is 2. The molecule has 1 aliphatic carbocycles. The van der Waals surface area contributed by atoms with Crippen molar-refractivity contribution in [3.8, 4) is 5.06 Å². The van der Waals surface area contributed by atoms with E-state index in [-0.39, 0.29) is 22.8 Å². The van der Waals surface area contributed by atoms with Crippen LogP contribution < -0.4 is 4.74 Å². The van der Waals surface area contributed by atoms with Gasteiger partial charge in [0.05, 0.1) is 5.56 Å². The molecule has 0 radical (unpaired) electrons.